The van der Waals surface area contributed by atoms with Crippen LogP contribution in [0.5, 0.6) is 5.75 Å². The number of nitrogens with one attached hydrogen (secondary N) is 3. The number of anilines is 1. The largest absolute Gasteiger partial charge is 0.495 e. The number of imidazole rings is 1. The van der Waals surface area contributed by atoms with E-state index in [1.807, 2.05) is 42.5 Å². The van der Waals surface area contributed by atoms with Gasteiger partial charge in [0.05, 0.1) is 35.1 Å². The maximum absolute atomic E-state index is 12.6. The fourth-order valence-electron chi connectivity index (χ4n) is 3.64. The molecule has 29 heavy (non-hydrogen) atoms. The number of hydrogen-bond donors (Lipinski definition) is 4. The molecule has 0 aliphatic carbocycles. The molecule has 1 aliphatic rings. The fourth-order valence-corrected chi connectivity index (χ4v) is 3.64. The van der Waals surface area contributed by atoms with E-state index in [1.165, 1.54) is 0 Å². The number of rotatable bonds is 4. The van der Waals surface area contributed by atoms with Crippen molar-refractivity contribution in [3.05, 3.63) is 77.4 Å². The lowest BCUT2D eigenvalue weighted by Crippen LogP contribution is -2.03. The first-order valence-corrected chi connectivity index (χ1v) is 9.16. The minimum Gasteiger partial charge on any atom is -0.495 e. The molecule has 7 heteroatoms. The van der Waals surface area contributed by atoms with Crippen LogP contribution in [-0.4, -0.2) is 33.1 Å². The molecule has 2 aromatic heterocycles. The number of carbonyl (C=O) groups excluding carboxylic acids is 1. The predicted molar refractivity (Wildman–Crippen MR) is 110 cm³/mol. The Hall–Kier alpha value is -3.84. The average Bonchev–Trinajstić information content (AvgIpc) is 3.45. The van der Waals surface area contributed by atoms with Gasteiger partial charge in [-0.05, 0) is 29.8 Å². The molecule has 0 saturated heterocycles. The summed E-state index contributed by atoms with van der Waals surface area (Å²) in [4.78, 5) is 23.5. The highest BCUT2D eigenvalue weighted by Gasteiger charge is 2.29. The van der Waals surface area contributed by atoms with Gasteiger partial charge in [-0.3, -0.25) is 4.79 Å². The van der Waals surface area contributed by atoms with Crippen LogP contribution in [0, 0.1) is 0 Å². The molecule has 0 fully saturated rings. The normalized spacial score (nSPS) is 15.5. The molecule has 1 atom stereocenters. The first-order valence-electron chi connectivity index (χ1n) is 9.16. The van der Waals surface area contributed by atoms with Gasteiger partial charge in [-0.2, -0.15) is 0 Å². The molecule has 3 heterocycles. The van der Waals surface area contributed by atoms with E-state index in [-0.39, 0.29) is 5.91 Å². The van der Waals surface area contributed by atoms with Gasteiger partial charge in [-0.25, -0.2) is 4.98 Å². The third-order valence-electron chi connectivity index (χ3n) is 5.06. The summed E-state index contributed by atoms with van der Waals surface area (Å²) >= 11 is 0. The van der Waals surface area contributed by atoms with Crippen molar-refractivity contribution in [1.29, 1.82) is 0 Å². The number of methoxy groups -OCH3 is 1. The summed E-state index contributed by atoms with van der Waals surface area (Å²) in [5.74, 6) is 0.862. The predicted octanol–water partition coefficient (Wildman–Crippen LogP) is 3.47. The Kier molecular flexibility index (Phi) is 3.96. The Morgan fingerprint density at radius 1 is 1.14 bits per heavy atom. The van der Waals surface area contributed by atoms with Crippen LogP contribution in [0.2, 0.25) is 0 Å². The molecule has 0 spiro atoms. The maximum atomic E-state index is 12.6. The van der Waals surface area contributed by atoms with Crippen molar-refractivity contribution >= 4 is 34.3 Å². The standard InChI is InChI=1S/C22H18N4O3/c1-29-17-9-10-23-16(17)11-13-18-14(25-22(13)28)7-8-15-19(18)26-21(24-15)20(27)12-5-3-2-4-6-12/h2-11,20,23,27H,1H3,(H,24,26)(H,25,28). The lowest BCUT2D eigenvalue weighted by atomic mass is 10.0. The number of aromatic amines is 2. The molecule has 4 N–H and O–H groups in total. The van der Waals surface area contributed by atoms with Gasteiger partial charge in [-0.15, -0.1) is 0 Å². The van der Waals surface area contributed by atoms with Gasteiger partial charge >= 0.3 is 0 Å². The second-order valence-electron chi connectivity index (χ2n) is 6.79. The summed E-state index contributed by atoms with van der Waals surface area (Å²) in [6.45, 7) is 0. The Morgan fingerprint density at radius 2 is 1.97 bits per heavy atom. The van der Waals surface area contributed by atoms with Crippen molar-refractivity contribution in [3.8, 4) is 5.75 Å². The quantitative estimate of drug-likeness (QED) is 0.403. The van der Waals surface area contributed by atoms with Crippen LogP contribution in [-0.2, 0) is 4.79 Å². The Balaban J connectivity index is 1.65. The number of benzene rings is 2. The number of H-pyrrole nitrogens is 2. The third-order valence-corrected chi connectivity index (χ3v) is 5.06. The molecule has 1 amide bonds. The fraction of sp³-hybridized carbons (Fsp3) is 0.0909. The number of aromatic nitrogens is 3. The van der Waals surface area contributed by atoms with E-state index in [2.05, 4.69) is 20.3 Å². The molecule has 2 aromatic carbocycles. The molecule has 5 rings (SSSR count). The Morgan fingerprint density at radius 3 is 2.76 bits per heavy atom. The van der Waals surface area contributed by atoms with E-state index in [1.54, 1.807) is 25.4 Å². The van der Waals surface area contributed by atoms with Crippen LogP contribution >= 0.6 is 0 Å². The van der Waals surface area contributed by atoms with Gasteiger partial charge in [0.25, 0.3) is 5.91 Å². The van der Waals surface area contributed by atoms with E-state index in [4.69, 9.17) is 4.74 Å². The Labute approximate surface area is 166 Å². The van der Waals surface area contributed by atoms with Crippen LogP contribution in [0.15, 0.2) is 54.7 Å². The molecular weight excluding hydrogens is 368 g/mol. The highest BCUT2D eigenvalue weighted by Crippen LogP contribution is 2.39. The molecule has 4 aromatic rings. The lowest BCUT2D eigenvalue weighted by Gasteiger charge is -2.07. The lowest BCUT2D eigenvalue weighted by molar-refractivity contribution is -0.110. The summed E-state index contributed by atoms with van der Waals surface area (Å²) in [5.41, 5.74) is 4.68. The van der Waals surface area contributed by atoms with Gasteiger partial charge < -0.3 is 25.1 Å². The molecule has 1 unspecified atom stereocenters. The van der Waals surface area contributed by atoms with Crippen molar-refractivity contribution in [2.45, 2.75) is 6.10 Å². The smallest absolute Gasteiger partial charge is 0.256 e. The van der Waals surface area contributed by atoms with Crippen molar-refractivity contribution < 1.29 is 14.6 Å². The molecular formula is C22H18N4O3. The number of fused-ring (bicyclic) bond motifs is 3. The number of carbonyl (C=O) groups is 1. The van der Waals surface area contributed by atoms with Gasteiger partial charge in [0.2, 0.25) is 0 Å². The van der Waals surface area contributed by atoms with Crippen LogP contribution in [0.25, 0.3) is 22.7 Å². The molecule has 0 bridgehead atoms. The second kappa shape index (κ2) is 6.65. The van der Waals surface area contributed by atoms with Crippen molar-refractivity contribution in [3.63, 3.8) is 0 Å². The summed E-state index contributed by atoms with van der Waals surface area (Å²) in [6.07, 6.45) is 2.62. The van der Waals surface area contributed by atoms with Gasteiger partial charge in [0.1, 0.15) is 17.7 Å². The van der Waals surface area contributed by atoms with Crippen LogP contribution in [0.4, 0.5) is 5.69 Å². The molecule has 0 saturated carbocycles. The van der Waals surface area contributed by atoms with Crippen molar-refractivity contribution in [2.75, 3.05) is 12.4 Å². The minimum atomic E-state index is -0.889. The van der Waals surface area contributed by atoms with Crippen molar-refractivity contribution in [2.24, 2.45) is 0 Å². The van der Waals surface area contributed by atoms with E-state index in [0.717, 1.165) is 11.1 Å². The summed E-state index contributed by atoms with van der Waals surface area (Å²) in [6, 6.07) is 14.8. The Bertz CT molecular complexity index is 1250. The molecule has 1 aliphatic heterocycles. The van der Waals surface area contributed by atoms with E-state index < -0.39 is 6.10 Å². The first-order chi connectivity index (χ1) is 14.2. The SMILES string of the molecule is COc1cc[nH]c1C=C1C(=O)Nc2ccc3[nH]c(C(O)c4ccccc4)nc3c21. The number of amides is 1. The molecule has 144 valence electrons. The van der Waals surface area contributed by atoms with Gasteiger partial charge in [-0.1, -0.05) is 30.3 Å². The van der Waals surface area contributed by atoms with E-state index in [9.17, 15) is 9.90 Å². The van der Waals surface area contributed by atoms with Crippen molar-refractivity contribution in [1.82, 2.24) is 15.0 Å². The average molecular weight is 386 g/mol. The minimum absolute atomic E-state index is 0.211. The highest BCUT2D eigenvalue weighted by atomic mass is 16.5. The number of nitrogens with zero attached hydrogens (tertiary/aromatic N) is 1. The monoisotopic (exact) mass is 386 g/mol. The zero-order valence-electron chi connectivity index (χ0n) is 15.6. The summed E-state index contributed by atoms with van der Waals surface area (Å²) in [5, 5.41) is 13.6. The summed E-state index contributed by atoms with van der Waals surface area (Å²) < 4.78 is 5.33. The first kappa shape index (κ1) is 17.3. The number of aliphatic hydroxyl groups excluding tert-OH is 1. The molecule has 7 nitrogen and oxygen atoms in total. The maximum Gasteiger partial charge on any atom is 0.256 e. The second-order valence-corrected chi connectivity index (χ2v) is 6.79. The zero-order chi connectivity index (χ0) is 20.0. The number of aliphatic hydroxyl groups is 1. The van der Waals surface area contributed by atoms with Gasteiger partial charge in [0.15, 0.2) is 0 Å². The number of hydrogen-bond acceptors (Lipinski definition) is 4. The zero-order valence-corrected chi connectivity index (χ0v) is 15.6. The molecule has 0 radical (unpaired) electrons. The summed E-state index contributed by atoms with van der Waals surface area (Å²) in [7, 11) is 1.58. The number of ether oxygens (including phenoxy) is 1. The topological polar surface area (TPSA) is 103 Å². The highest BCUT2D eigenvalue weighted by molar-refractivity contribution is 6.37. The van der Waals surface area contributed by atoms with E-state index in [0.29, 0.717) is 39.6 Å². The van der Waals surface area contributed by atoms with Crippen LogP contribution in [0.3, 0.4) is 0 Å². The van der Waals surface area contributed by atoms with Gasteiger partial charge in [0, 0.05) is 11.8 Å². The third kappa shape index (κ3) is 2.79. The van der Waals surface area contributed by atoms with E-state index >= 15 is 0 Å². The van der Waals surface area contributed by atoms with Crippen LogP contribution in [0.1, 0.15) is 28.7 Å². The van der Waals surface area contributed by atoms with Crippen LogP contribution < -0.4 is 10.1 Å².